The van der Waals surface area contributed by atoms with Crippen LogP contribution in [0.2, 0.25) is 0 Å². The van der Waals surface area contributed by atoms with Crippen LogP contribution in [0.1, 0.15) is 18.6 Å². The third-order valence-electron chi connectivity index (χ3n) is 3.22. The number of benzene rings is 2. The lowest BCUT2D eigenvalue weighted by molar-refractivity contribution is 0.139. The third-order valence-corrected chi connectivity index (χ3v) is 3.75. The Kier molecular flexibility index (Phi) is 5.68. The molecule has 3 N–H and O–H groups in total. The quantitative estimate of drug-likeness (QED) is 0.746. The van der Waals surface area contributed by atoms with Crippen LogP contribution in [0.3, 0.4) is 0 Å². The van der Waals surface area contributed by atoms with Crippen molar-refractivity contribution < 1.29 is 18.7 Å². The fourth-order valence-corrected chi connectivity index (χ4v) is 2.25. The SMILES string of the molecule is CC(NC(=O)Nc1ccc(F)cc1F)C(O)c1ccc(Br)cc1. The summed E-state index contributed by atoms with van der Waals surface area (Å²) in [7, 11) is 0. The topological polar surface area (TPSA) is 61.4 Å². The molecule has 0 saturated heterocycles. The van der Waals surface area contributed by atoms with Gasteiger partial charge in [-0.25, -0.2) is 13.6 Å². The van der Waals surface area contributed by atoms with Gasteiger partial charge in [-0.05, 0) is 36.8 Å². The van der Waals surface area contributed by atoms with E-state index in [0.717, 1.165) is 16.6 Å². The lowest BCUT2D eigenvalue weighted by atomic mass is 10.0. The van der Waals surface area contributed by atoms with Crippen LogP contribution in [0.25, 0.3) is 0 Å². The van der Waals surface area contributed by atoms with Crippen molar-refractivity contribution in [3.05, 3.63) is 64.1 Å². The molecular weight excluding hydrogens is 370 g/mol. The van der Waals surface area contributed by atoms with Crippen molar-refractivity contribution in [1.82, 2.24) is 5.32 Å². The molecule has 2 amide bonds. The second-order valence-electron chi connectivity index (χ2n) is 5.01. The van der Waals surface area contributed by atoms with E-state index in [4.69, 9.17) is 0 Å². The summed E-state index contributed by atoms with van der Waals surface area (Å²) in [4.78, 5) is 11.8. The largest absolute Gasteiger partial charge is 0.386 e. The summed E-state index contributed by atoms with van der Waals surface area (Å²) < 4.78 is 27.2. The molecule has 2 atom stereocenters. The van der Waals surface area contributed by atoms with Gasteiger partial charge < -0.3 is 15.7 Å². The van der Waals surface area contributed by atoms with Gasteiger partial charge in [-0.1, -0.05) is 28.1 Å². The Hall–Kier alpha value is -1.99. The highest BCUT2D eigenvalue weighted by Crippen LogP contribution is 2.20. The number of carbonyl (C=O) groups is 1. The van der Waals surface area contributed by atoms with Crippen LogP contribution in [0, 0.1) is 11.6 Å². The minimum absolute atomic E-state index is 0.144. The van der Waals surface area contributed by atoms with E-state index >= 15 is 0 Å². The van der Waals surface area contributed by atoms with Gasteiger partial charge in [-0.15, -0.1) is 0 Å². The van der Waals surface area contributed by atoms with Crippen molar-refractivity contribution in [2.75, 3.05) is 5.32 Å². The summed E-state index contributed by atoms with van der Waals surface area (Å²) in [6.45, 7) is 1.62. The summed E-state index contributed by atoms with van der Waals surface area (Å²) in [6, 6.07) is 8.54. The van der Waals surface area contributed by atoms with Crippen LogP contribution in [0.4, 0.5) is 19.3 Å². The third kappa shape index (κ3) is 4.74. The standard InChI is InChI=1S/C16H15BrF2N2O2/c1-9(15(22)10-2-4-11(17)5-3-10)20-16(23)21-14-7-6-12(18)8-13(14)19/h2-9,15,22H,1H3,(H2,20,21,23). The lowest BCUT2D eigenvalue weighted by Crippen LogP contribution is -2.39. The number of halogens is 3. The molecule has 2 aromatic carbocycles. The summed E-state index contributed by atoms with van der Waals surface area (Å²) in [5, 5.41) is 15.0. The Morgan fingerprint density at radius 1 is 1.17 bits per heavy atom. The Morgan fingerprint density at radius 3 is 2.43 bits per heavy atom. The van der Waals surface area contributed by atoms with Crippen LogP contribution in [0.15, 0.2) is 46.9 Å². The molecule has 0 aromatic heterocycles. The molecule has 0 radical (unpaired) electrons. The first-order valence-electron chi connectivity index (χ1n) is 6.83. The summed E-state index contributed by atoms with van der Waals surface area (Å²) in [6.07, 6.45) is -0.924. The van der Waals surface area contributed by atoms with Gasteiger partial charge in [-0.2, -0.15) is 0 Å². The smallest absolute Gasteiger partial charge is 0.319 e. The molecule has 7 heteroatoms. The van der Waals surface area contributed by atoms with Crippen LogP contribution in [-0.2, 0) is 0 Å². The second kappa shape index (κ2) is 7.52. The number of hydrogen-bond acceptors (Lipinski definition) is 2. The molecule has 2 rings (SSSR count). The van der Waals surface area contributed by atoms with E-state index < -0.39 is 29.8 Å². The maximum atomic E-state index is 13.5. The zero-order valence-corrected chi connectivity index (χ0v) is 13.8. The summed E-state index contributed by atoms with van der Waals surface area (Å²) >= 11 is 3.30. The number of hydrogen-bond donors (Lipinski definition) is 3. The van der Waals surface area contributed by atoms with E-state index in [0.29, 0.717) is 11.6 Å². The minimum atomic E-state index is -0.924. The Labute approximate surface area is 140 Å². The molecule has 0 aliphatic rings. The van der Waals surface area contributed by atoms with E-state index in [2.05, 4.69) is 26.6 Å². The maximum Gasteiger partial charge on any atom is 0.319 e. The highest BCUT2D eigenvalue weighted by molar-refractivity contribution is 9.10. The monoisotopic (exact) mass is 384 g/mol. The van der Waals surface area contributed by atoms with Gasteiger partial charge in [0, 0.05) is 10.5 Å². The first-order valence-corrected chi connectivity index (χ1v) is 7.62. The Bertz CT molecular complexity index is 695. The summed E-state index contributed by atoms with van der Waals surface area (Å²) in [5.74, 6) is -1.60. The van der Waals surface area contributed by atoms with Crippen molar-refractivity contribution >= 4 is 27.6 Å². The lowest BCUT2D eigenvalue weighted by Gasteiger charge is -2.21. The first kappa shape index (κ1) is 17.4. The molecule has 0 heterocycles. The predicted molar refractivity (Wildman–Crippen MR) is 87.1 cm³/mol. The molecule has 0 aliphatic carbocycles. The van der Waals surface area contributed by atoms with Gasteiger partial charge in [0.25, 0.3) is 0 Å². The molecule has 0 bridgehead atoms. The number of rotatable bonds is 4. The predicted octanol–water partition coefficient (Wildman–Crippen LogP) is 3.97. The Morgan fingerprint density at radius 2 is 1.83 bits per heavy atom. The van der Waals surface area contributed by atoms with Crippen LogP contribution in [-0.4, -0.2) is 17.2 Å². The van der Waals surface area contributed by atoms with Gasteiger partial charge in [0.15, 0.2) is 0 Å². The number of urea groups is 1. The molecule has 2 unspecified atom stereocenters. The van der Waals surface area contributed by atoms with E-state index in [-0.39, 0.29) is 5.69 Å². The summed E-state index contributed by atoms with van der Waals surface area (Å²) in [5.41, 5.74) is 0.489. The van der Waals surface area contributed by atoms with Crippen molar-refractivity contribution in [3.8, 4) is 0 Å². The molecule has 0 fully saturated rings. The average Bonchev–Trinajstić information content (AvgIpc) is 2.50. The molecular formula is C16H15BrF2N2O2. The van der Waals surface area contributed by atoms with Crippen LogP contribution < -0.4 is 10.6 Å². The maximum absolute atomic E-state index is 13.5. The zero-order chi connectivity index (χ0) is 17.0. The number of amides is 2. The van der Waals surface area contributed by atoms with Gasteiger partial charge in [0.05, 0.1) is 17.8 Å². The van der Waals surface area contributed by atoms with E-state index in [9.17, 15) is 18.7 Å². The van der Waals surface area contributed by atoms with E-state index in [1.54, 1.807) is 31.2 Å². The second-order valence-corrected chi connectivity index (χ2v) is 5.92. The van der Waals surface area contributed by atoms with Crippen LogP contribution in [0.5, 0.6) is 0 Å². The number of aliphatic hydroxyl groups is 1. The normalized spacial score (nSPS) is 13.3. The average molecular weight is 385 g/mol. The first-order chi connectivity index (χ1) is 10.9. The minimum Gasteiger partial charge on any atom is -0.386 e. The van der Waals surface area contributed by atoms with Gasteiger partial charge >= 0.3 is 6.03 Å². The molecule has 0 saturated carbocycles. The van der Waals surface area contributed by atoms with E-state index in [1.165, 1.54) is 0 Å². The molecule has 23 heavy (non-hydrogen) atoms. The number of aliphatic hydroxyl groups excluding tert-OH is 1. The van der Waals surface area contributed by atoms with Crippen molar-refractivity contribution in [2.24, 2.45) is 0 Å². The zero-order valence-electron chi connectivity index (χ0n) is 12.2. The highest BCUT2D eigenvalue weighted by Gasteiger charge is 2.19. The van der Waals surface area contributed by atoms with Crippen LogP contribution >= 0.6 is 15.9 Å². The molecule has 0 spiro atoms. The molecule has 4 nitrogen and oxygen atoms in total. The van der Waals surface area contributed by atoms with E-state index in [1.807, 2.05) is 0 Å². The van der Waals surface area contributed by atoms with Gasteiger partial charge in [0.2, 0.25) is 0 Å². The Balaban J connectivity index is 1.97. The molecule has 2 aromatic rings. The van der Waals surface area contributed by atoms with Crippen molar-refractivity contribution in [1.29, 1.82) is 0 Å². The van der Waals surface area contributed by atoms with Crippen molar-refractivity contribution in [3.63, 3.8) is 0 Å². The number of anilines is 1. The molecule has 0 aliphatic heterocycles. The van der Waals surface area contributed by atoms with Gasteiger partial charge in [-0.3, -0.25) is 0 Å². The highest BCUT2D eigenvalue weighted by atomic mass is 79.9. The fraction of sp³-hybridized carbons (Fsp3) is 0.188. The molecule has 122 valence electrons. The van der Waals surface area contributed by atoms with Crippen molar-refractivity contribution in [2.45, 2.75) is 19.1 Å². The fourth-order valence-electron chi connectivity index (χ4n) is 1.98. The van der Waals surface area contributed by atoms with Gasteiger partial charge in [0.1, 0.15) is 11.6 Å². The number of carbonyl (C=O) groups excluding carboxylic acids is 1. The number of nitrogens with one attached hydrogen (secondary N) is 2.